The van der Waals surface area contributed by atoms with Gasteiger partial charge >= 0.3 is 0 Å². The van der Waals surface area contributed by atoms with E-state index in [1.165, 1.54) is 63.4 Å². The fourth-order valence-electron chi connectivity index (χ4n) is 2.95. The van der Waals surface area contributed by atoms with E-state index in [-0.39, 0.29) is 0 Å². The molecule has 1 nitrogen and oxygen atoms in total. The molecule has 1 rings (SSSR count). The highest BCUT2D eigenvalue weighted by Crippen LogP contribution is 2.38. The maximum Gasteiger partial charge on any atom is 0.0799 e. The van der Waals surface area contributed by atoms with Gasteiger partial charge in [-0.1, -0.05) is 72.3 Å². The summed E-state index contributed by atoms with van der Waals surface area (Å²) in [7, 11) is 0. The molecule has 0 aliphatic carbocycles. The van der Waals surface area contributed by atoms with Gasteiger partial charge in [0, 0.05) is 5.38 Å². The van der Waals surface area contributed by atoms with Crippen molar-refractivity contribution in [2.75, 3.05) is 0 Å². The summed E-state index contributed by atoms with van der Waals surface area (Å²) in [6.07, 6.45) is 13.8. The molecule has 0 aliphatic heterocycles. The Hall–Kier alpha value is -0.630. The Balaban J connectivity index is 2.74. The first-order chi connectivity index (χ1) is 9.68. The molecule has 2 heteroatoms. The average Bonchev–Trinajstić information content (AvgIpc) is 2.93. The predicted molar refractivity (Wildman–Crippen MR) is 92.5 cm³/mol. The van der Waals surface area contributed by atoms with Crippen molar-refractivity contribution >= 4 is 17.6 Å². The van der Waals surface area contributed by atoms with Crippen LogP contribution in [0.2, 0.25) is 0 Å². The molecular formula is C18H31NS. The minimum atomic E-state index is 0.291. The lowest BCUT2D eigenvalue weighted by atomic mass is 9.74. The van der Waals surface area contributed by atoms with Crippen molar-refractivity contribution < 1.29 is 0 Å². The van der Waals surface area contributed by atoms with Gasteiger partial charge in [-0.3, -0.25) is 0 Å². The molecule has 1 aromatic rings. The first-order valence-electron chi connectivity index (χ1n) is 8.25. The highest BCUT2D eigenvalue weighted by Gasteiger charge is 2.28. The van der Waals surface area contributed by atoms with Crippen LogP contribution in [-0.4, -0.2) is 4.37 Å². The van der Waals surface area contributed by atoms with Crippen molar-refractivity contribution in [2.45, 2.75) is 84.0 Å². The van der Waals surface area contributed by atoms with E-state index < -0.39 is 0 Å². The summed E-state index contributed by atoms with van der Waals surface area (Å²) in [5.74, 6) is 0. The van der Waals surface area contributed by atoms with E-state index in [2.05, 4.69) is 37.1 Å². The lowest BCUT2D eigenvalue weighted by Crippen LogP contribution is -2.22. The van der Waals surface area contributed by atoms with Crippen LogP contribution in [0.3, 0.4) is 0 Å². The third kappa shape index (κ3) is 5.05. The van der Waals surface area contributed by atoms with E-state index in [0.717, 1.165) is 5.69 Å². The topological polar surface area (TPSA) is 12.9 Å². The van der Waals surface area contributed by atoms with Crippen LogP contribution in [0, 0.1) is 0 Å². The van der Waals surface area contributed by atoms with Crippen LogP contribution in [0.5, 0.6) is 0 Å². The molecule has 0 saturated heterocycles. The molecule has 0 N–H and O–H groups in total. The fraction of sp³-hybridized carbons (Fsp3) is 0.722. The first-order valence-corrected chi connectivity index (χ1v) is 9.09. The van der Waals surface area contributed by atoms with Gasteiger partial charge in [-0.15, -0.1) is 0 Å². The molecule has 1 aromatic heterocycles. The van der Waals surface area contributed by atoms with Crippen molar-refractivity contribution in [1.82, 2.24) is 4.37 Å². The summed E-state index contributed by atoms with van der Waals surface area (Å²) in [6, 6.07) is 0. The van der Waals surface area contributed by atoms with Crippen LogP contribution in [0.15, 0.2) is 12.0 Å². The van der Waals surface area contributed by atoms with E-state index >= 15 is 0 Å². The van der Waals surface area contributed by atoms with Gasteiger partial charge in [0.25, 0.3) is 0 Å². The zero-order valence-corrected chi connectivity index (χ0v) is 14.4. The van der Waals surface area contributed by atoms with Crippen LogP contribution < -0.4 is 0 Å². The van der Waals surface area contributed by atoms with Gasteiger partial charge in [-0.25, -0.2) is 0 Å². The third-order valence-corrected chi connectivity index (χ3v) is 5.00. The number of hydrogen-bond donors (Lipinski definition) is 0. The molecule has 1 atom stereocenters. The molecule has 0 bridgehead atoms. The lowest BCUT2D eigenvalue weighted by molar-refractivity contribution is 0.366. The summed E-state index contributed by atoms with van der Waals surface area (Å²) < 4.78 is 4.50. The molecule has 0 aliphatic rings. The molecular weight excluding hydrogens is 262 g/mol. The van der Waals surface area contributed by atoms with Gasteiger partial charge < -0.3 is 0 Å². The number of aromatic nitrogens is 1. The summed E-state index contributed by atoms with van der Waals surface area (Å²) >= 11 is 1.58. The van der Waals surface area contributed by atoms with Crippen LogP contribution in [0.25, 0.3) is 6.08 Å². The van der Waals surface area contributed by atoms with E-state index in [0.29, 0.717) is 5.41 Å². The van der Waals surface area contributed by atoms with Crippen molar-refractivity contribution in [2.24, 2.45) is 0 Å². The van der Waals surface area contributed by atoms with Crippen molar-refractivity contribution in [1.29, 1.82) is 0 Å². The normalized spacial score (nSPS) is 14.2. The number of rotatable bonds is 11. The monoisotopic (exact) mass is 293 g/mol. The smallest absolute Gasteiger partial charge is 0.0799 e. The minimum absolute atomic E-state index is 0.291. The number of unbranched alkanes of at least 4 members (excludes halogenated alkanes) is 5. The zero-order valence-electron chi connectivity index (χ0n) is 13.6. The Morgan fingerprint density at radius 2 is 1.70 bits per heavy atom. The van der Waals surface area contributed by atoms with Gasteiger partial charge in [0.1, 0.15) is 0 Å². The van der Waals surface area contributed by atoms with E-state index in [1.54, 1.807) is 11.5 Å². The molecule has 114 valence electrons. The third-order valence-electron chi connectivity index (χ3n) is 4.36. The Kier molecular flexibility index (Phi) is 8.13. The van der Waals surface area contributed by atoms with Crippen molar-refractivity contribution in [3.63, 3.8) is 0 Å². The van der Waals surface area contributed by atoms with Gasteiger partial charge in [-0.05, 0) is 41.4 Å². The molecule has 1 unspecified atom stereocenters. The second-order valence-electron chi connectivity index (χ2n) is 6.15. The van der Waals surface area contributed by atoms with E-state index in [9.17, 15) is 0 Å². The minimum Gasteiger partial charge on any atom is -0.193 e. The van der Waals surface area contributed by atoms with Gasteiger partial charge in [0.15, 0.2) is 0 Å². The van der Waals surface area contributed by atoms with Crippen LogP contribution in [0.1, 0.15) is 89.8 Å². The fourth-order valence-corrected chi connectivity index (χ4v) is 3.80. The molecule has 0 aromatic carbocycles. The summed E-state index contributed by atoms with van der Waals surface area (Å²) in [6.45, 7) is 10.9. The van der Waals surface area contributed by atoms with E-state index in [1.807, 2.05) is 6.08 Å². The molecule has 0 spiro atoms. The molecule has 0 saturated carbocycles. The Morgan fingerprint density at radius 3 is 2.30 bits per heavy atom. The SMILES string of the molecule is C=Cc1nscc1C(C)(CCCCC)CCCCCC. The number of nitrogens with zero attached hydrogens (tertiary/aromatic N) is 1. The standard InChI is InChI=1S/C18H31NS/c1-5-8-10-12-14-18(4,13-11-9-6-2)16-15-20-19-17(16)7-3/h7,15H,3,5-6,8-14H2,1-2,4H3. The first kappa shape index (κ1) is 17.4. The average molecular weight is 294 g/mol. The van der Waals surface area contributed by atoms with E-state index in [4.69, 9.17) is 0 Å². The molecule has 0 fully saturated rings. The maximum atomic E-state index is 4.50. The van der Waals surface area contributed by atoms with Crippen LogP contribution in [-0.2, 0) is 5.41 Å². The second kappa shape index (κ2) is 9.33. The van der Waals surface area contributed by atoms with Crippen LogP contribution in [0.4, 0.5) is 0 Å². The Labute approximate surface area is 129 Å². The highest BCUT2D eigenvalue weighted by molar-refractivity contribution is 7.03. The number of hydrogen-bond acceptors (Lipinski definition) is 2. The highest BCUT2D eigenvalue weighted by atomic mass is 32.1. The van der Waals surface area contributed by atoms with Gasteiger partial charge in [-0.2, -0.15) is 4.37 Å². The summed E-state index contributed by atoms with van der Waals surface area (Å²) in [4.78, 5) is 0. The lowest BCUT2D eigenvalue weighted by Gasteiger charge is -2.30. The summed E-state index contributed by atoms with van der Waals surface area (Å²) in [5.41, 5.74) is 2.84. The Morgan fingerprint density at radius 1 is 1.10 bits per heavy atom. The Bertz CT molecular complexity index is 383. The maximum absolute atomic E-state index is 4.50. The molecule has 20 heavy (non-hydrogen) atoms. The quantitative estimate of drug-likeness (QED) is 0.419. The van der Waals surface area contributed by atoms with Gasteiger partial charge in [0.05, 0.1) is 5.69 Å². The molecule has 0 radical (unpaired) electrons. The molecule has 1 heterocycles. The summed E-state index contributed by atoms with van der Waals surface area (Å²) in [5, 5.41) is 2.25. The van der Waals surface area contributed by atoms with Crippen molar-refractivity contribution in [3.05, 3.63) is 23.2 Å². The van der Waals surface area contributed by atoms with Gasteiger partial charge in [0.2, 0.25) is 0 Å². The molecule has 0 amide bonds. The van der Waals surface area contributed by atoms with Crippen molar-refractivity contribution in [3.8, 4) is 0 Å². The van der Waals surface area contributed by atoms with Crippen LogP contribution >= 0.6 is 11.5 Å². The predicted octanol–water partition coefficient (Wildman–Crippen LogP) is 6.59. The largest absolute Gasteiger partial charge is 0.193 e. The second-order valence-corrected chi connectivity index (χ2v) is 6.78. The zero-order chi connectivity index (χ0) is 14.8.